The average molecular weight is 626 g/mol. The van der Waals surface area contributed by atoms with Crippen LogP contribution in [0.25, 0.3) is 0 Å². The molecule has 236 valence electrons. The molecule has 44 heavy (non-hydrogen) atoms. The molecule has 0 spiro atoms. The van der Waals surface area contributed by atoms with Crippen molar-refractivity contribution in [1.82, 2.24) is 9.88 Å². The molecule has 2 aromatic carbocycles. The maximum Gasteiger partial charge on any atom is 0.573 e. The van der Waals surface area contributed by atoms with Gasteiger partial charge in [-0.3, -0.25) is 14.4 Å². The fourth-order valence-electron chi connectivity index (χ4n) is 5.25. The topological polar surface area (TPSA) is 119 Å². The minimum Gasteiger partial charge on any atom is -0.497 e. The highest BCUT2D eigenvalue weighted by Crippen LogP contribution is 2.40. The van der Waals surface area contributed by atoms with Gasteiger partial charge in [-0.25, -0.2) is 8.78 Å². The molecular weight excluding hydrogens is 597 g/mol. The number of ether oxygens (including phenoxy) is 3. The molecule has 1 aliphatic rings. The molecule has 1 aliphatic heterocycles. The van der Waals surface area contributed by atoms with E-state index < -0.39 is 77.3 Å². The van der Waals surface area contributed by atoms with Gasteiger partial charge < -0.3 is 34.1 Å². The highest BCUT2D eigenvalue weighted by molar-refractivity contribution is 6.05. The van der Waals surface area contributed by atoms with Gasteiger partial charge in [-0.05, 0) is 43.3 Å². The van der Waals surface area contributed by atoms with Gasteiger partial charge in [0.2, 0.25) is 0 Å². The summed E-state index contributed by atoms with van der Waals surface area (Å²) in [6.07, 6.45) is -3.58. The number of benzene rings is 2. The lowest BCUT2D eigenvalue weighted by atomic mass is 9.87. The van der Waals surface area contributed by atoms with E-state index in [1.165, 1.54) is 39.5 Å². The normalized spacial score (nSPS) is 19.2. The van der Waals surface area contributed by atoms with E-state index in [0.717, 1.165) is 45.9 Å². The Morgan fingerprint density at radius 3 is 2.23 bits per heavy atom. The van der Waals surface area contributed by atoms with Gasteiger partial charge >= 0.3 is 6.36 Å². The lowest BCUT2D eigenvalue weighted by Crippen LogP contribution is -2.45. The Balaban J connectivity index is 1.78. The zero-order chi connectivity index (χ0) is 32.3. The average Bonchev–Trinajstić information content (AvgIpc) is 3.19. The van der Waals surface area contributed by atoms with Crippen LogP contribution in [0.4, 0.5) is 27.6 Å². The first kappa shape index (κ1) is 32.4. The van der Waals surface area contributed by atoms with Gasteiger partial charge in [0.25, 0.3) is 17.4 Å². The number of rotatable bonds is 10. The van der Waals surface area contributed by atoms with Gasteiger partial charge in [0.15, 0.2) is 0 Å². The Morgan fingerprint density at radius 2 is 1.68 bits per heavy atom. The summed E-state index contributed by atoms with van der Waals surface area (Å²) in [6, 6.07) is 4.83. The van der Waals surface area contributed by atoms with Gasteiger partial charge in [0.1, 0.15) is 34.9 Å². The fraction of sp³-hybridized carbons (Fsp3) is 0.345. The van der Waals surface area contributed by atoms with Crippen molar-refractivity contribution < 1.29 is 50.9 Å². The molecule has 0 saturated carbocycles. The van der Waals surface area contributed by atoms with Gasteiger partial charge in [-0.15, -0.1) is 13.2 Å². The first-order valence-corrected chi connectivity index (χ1v) is 13.1. The Morgan fingerprint density at radius 1 is 1.05 bits per heavy atom. The lowest BCUT2D eigenvalue weighted by molar-refractivity contribution is -0.274. The largest absolute Gasteiger partial charge is 0.573 e. The number of halogens is 5. The summed E-state index contributed by atoms with van der Waals surface area (Å²) in [6.45, 7) is 0.924. The molecule has 2 N–H and O–H groups in total. The summed E-state index contributed by atoms with van der Waals surface area (Å²) in [4.78, 5) is 41.7. The van der Waals surface area contributed by atoms with Crippen LogP contribution in [0, 0.1) is 11.6 Å². The molecule has 4 rings (SSSR count). The minimum absolute atomic E-state index is 0.0419. The van der Waals surface area contributed by atoms with Crippen LogP contribution in [0.3, 0.4) is 0 Å². The third-order valence-corrected chi connectivity index (χ3v) is 7.22. The number of aliphatic hydroxyl groups is 1. The molecule has 0 radical (unpaired) electrons. The van der Waals surface area contributed by atoms with Crippen LogP contribution in [0.15, 0.2) is 59.5 Å². The van der Waals surface area contributed by atoms with Crippen molar-refractivity contribution in [2.24, 2.45) is 0 Å². The second kappa shape index (κ2) is 13.0. The maximum absolute atomic E-state index is 15.4. The molecule has 2 amide bonds. The number of aliphatic hydroxyl groups excluding tert-OH is 1. The Hall–Kier alpha value is -4.50. The van der Waals surface area contributed by atoms with Crippen LogP contribution in [0.1, 0.15) is 34.8 Å². The molecule has 1 saturated heterocycles. The van der Waals surface area contributed by atoms with Crippen molar-refractivity contribution in [3.8, 4) is 11.5 Å². The van der Waals surface area contributed by atoms with E-state index in [0.29, 0.717) is 0 Å². The number of nitrogens with zero attached hydrogens (tertiary/aromatic N) is 2. The third-order valence-electron chi connectivity index (χ3n) is 7.22. The van der Waals surface area contributed by atoms with Gasteiger partial charge in [0.05, 0.1) is 26.4 Å². The van der Waals surface area contributed by atoms with Crippen molar-refractivity contribution in [1.29, 1.82) is 0 Å². The van der Waals surface area contributed by atoms with E-state index >= 15 is 8.78 Å². The first-order chi connectivity index (χ1) is 20.8. The molecule has 2 heterocycles. The lowest BCUT2D eigenvalue weighted by Gasteiger charge is -2.26. The van der Waals surface area contributed by atoms with E-state index in [1.54, 1.807) is 0 Å². The molecule has 4 atom stereocenters. The molecule has 15 heteroatoms. The van der Waals surface area contributed by atoms with Crippen LogP contribution in [-0.2, 0) is 9.53 Å². The number of methoxy groups -OCH3 is 2. The number of hydrogen-bond acceptors (Lipinski definition) is 7. The fourth-order valence-corrected chi connectivity index (χ4v) is 5.25. The summed E-state index contributed by atoms with van der Waals surface area (Å²) in [5, 5.41) is 12.2. The summed E-state index contributed by atoms with van der Waals surface area (Å²) < 4.78 is 83.4. The number of aromatic nitrogens is 1. The van der Waals surface area contributed by atoms with Crippen LogP contribution >= 0.6 is 0 Å². The first-order valence-electron chi connectivity index (χ1n) is 13.1. The maximum atomic E-state index is 15.4. The Kier molecular flexibility index (Phi) is 9.59. The van der Waals surface area contributed by atoms with Crippen LogP contribution in [0.2, 0.25) is 0 Å². The number of alkyl halides is 3. The third kappa shape index (κ3) is 6.53. The number of carbonyl (C=O) groups is 2. The highest BCUT2D eigenvalue weighted by atomic mass is 19.4. The molecule has 1 unspecified atom stereocenters. The monoisotopic (exact) mass is 625 g/mol. The van der Waals surface area contributed by atoms with E-state index in [9.17, 15) is 32.7 Å². The zero-order valence-electron chi connectivity index (χ0n) is 23.6. The molecular formula is C29H28F5N3O7. The van der Waals surface area contributed by atoms with E-state index in [2.05, 4.69) is 10.1 Å². The summed E-state index contributed by atoms with van der Waals surface area (Å²) >= 11 is 0. The zero-order valence-corrected chi connectivity index (χ0v) is 23.6. The Bertz CT molecular complexity index is 1560. The van der Waals surface area contributed by atoms with Crippen molar-refractivity contribution in [2.45, 2.75) is 37.3 Å². The minimum atomic E-state index is -4.96. The SMILES string of the molecule is COCC(CO)n1cccc(N2C(=O)[C@@H](NC(=O)c3ccc(OC(F)(F)F)cc3)[C@H](c3c(F)cc(OC)cc3F)[C@@H]2C)c1=O. The quantitative estimate of drug-likeness (QED) is 0.331. The van der Waals surface area contributed by atoms with Crippen molar-refractivity contribution in [3.63, 3.8) is 0 Å². The number of carbonyl (C=O) groups excluding carboxylic acids is 2. The predicted octanol–water partition coefficient (Wildman–Crippen LogP) is 3.53. The molecule has 3 aromatic rings. The van der Waals surface area contributed by atoms with Crippen LogP contribution in [0.5, 0.6) is 11.5 Å². The summed E-state index contributed by atoms with van der Waals surface area (Å²) in [5.74, 6) is -6.10. The molecule has 1 fully saturated rings. The van der Waals surface area contributed by atoms with E-state index in [1.807, 2.05) is 0 Å². The molecule has 10 nitrogen and oxygen atoms in total. The van der Waals surface area contributed by atoms with Crippen LogP contribution in [-0.4, -0.2) is 67.4 Å². The molecule has 0 bridgehead atoms. The van der Waals surface area contributed by atoms with E-state index in [-0.39, 0.29) is 23.6 Å². The smallest absolute Gasteiger partial charge is 0.497 e. The van der Waals surface area contributed by atoms with E-state index in [4.69, 9.17) is 9.47 Å². The Labute approximate surface area is 247 Å². The van der Waals surface area contributed by atoms with Crippen molar-refractivity contribution >= 4 is 17.5 Å². The summed E-state index contributed by atoms with van der Waals surface area (Å²) in [7, 11) is 2.57. The second-order valence-corrected chi connectivity index (χ2v) is 9.90. The number of hydrogen-bond donors (Lipinski definition) is 2. The van der Waals surface area contributed by atoms with Crippen LogP contribution < -0.4 is 25.2 Å². The molecule has 0 aliphatic carbocycles. The highest BCUT2D eigenvalue weighted by Gasteiger charge is 2.50. The van der Waals surface area contributed by atoms with Gasteiger partial charge in [-0.1, -0.05) is 0 Å². The standard InChI is InChI=1S/C29H28F5N3O7/c1-15-23(24-20(30)11-19(43-3)12-21(24)31)25(35-26(39)16-6-8-18(9-7-16)44-29(32,33)34)28(41)37(15)22-5-4-10-36(27(22)40)17(13-38)14-42-2/h4-12,15,17,23,25,38H,13-14H2,1-3H3,(H,35,39)/t15-,17?,23-,25-/m0/s1. The predicted molar refractivity (Wildman–Crippen MR) is 146 cm³/mol. The number of anilines is 1. The van der Waals surface area contributed by atoms with Crippen molar-refractivity contribution in [2.75, 3.05) is 32.3 Å². The number of pyridine rings is 1. The number of amides is 2. The molecule has 1 aromatic heterocycles. The van der Waals surface area contributed by atoms with Gasteiger partial charge in [-0.2, -0.15) is 0 Å². The van der Waals surface area contributed by atoms with Crippen molar-refractivity contribution in [3.05, 3.63) is 87.8 Å². The summed E-state index contributed by atoms with van der Waals surface area (Å²) in [5.41, 5.74) is -1.65. The second-order valence-electron chi connectivity index (χ2n) is 9.90. The number of nitrogens with one attached hydrogen (secondary N) is 1. The van der Waals surface area contributed by atoms with Gasteiger partial charge in [0, 0.05) is 48.5 Å².